The summed E-state index contributed by atoms with van der Waals surface area (Å²) in [6, 6.07) is 11.6. The summed E-state index contributed by atoms with van der Waals surface area (Å²) >= 11 is 7.28. The molecule has 3 aromatic heterocycles. The molecule has 1 aliphatic carbocycles. The fraction of sp³-hybridized carbons (Fsp3) is 0.269. The number of amidine groups is 1. The van der Waals surface area contributed by atoms with E-state index < -0.39 is 0 Å². The predicted octanol–water partition coefficient (Wildman–Crippen LogP) is 5.57. The van der Waals surface area contributed by atoms with Crippen LogP contribution in [0.1, 0.15) is 53.5 Å². The molecule has 1 aliphatic rings. The maximum Gasteiger partial charge on any atom is 0.261 e. The average Bonchev–Trinajstić information content (AvgIpc) is 3.41. The second kappa shape index (κ2) is 10.8. The van der Waals surface area contributed by atoms with Crippen molar-refractivity contribution in [1.82, 2.24) is 19.9 Å². The minimum absolute atomic E-state index is 0.0597. The van der Waals surface area contributed by atoms with E-state index in [9.17, 15) is 9.18 Å². The molecule has 1 saturated carbocycles. The maximum atomic E-state index is 15.0. The summed E-state index contributed by atoms with van der Waals surface area (Å²) in [7, 11) is 0. The lowest BCUT2D eigenvalue weighted by Gasteiger charge is -2.25. The van der Waals surface area contributed by atoms with Gasteiger partial charge in [0, 0.05) is 12.1 Å². The first-order chi connectivity index (χ1) is 17.9. The first kappa shape index (κ1) is 25.0. The van der Waals surface area contributed by atoms with Crippen molar-refractivity contribution in [3.8, 4) is 11.4 Å². The summed E-state index contributed by atoms with van der Waals surface area (Å²) in [4.78, 5) is 26.4. The Morgan fingerprint density at radius 2 is 2.08 bits per heavy atom. The van der Waals surface area contributed by atoms with Crippen molar-refractivity contribution < 1.29 is 9.18 Å². The maximum absolute atomic E-state index is 15.0. The van der Waals surface area contributed by atoms with E-state index in [1.54, 1.807) is 42.6 Å². The number of nitrogens with one attached hydrogen (secondary N) is 2. The number of fused-ring (bicyclic) bond motifs is 1. The number of halogens is 2. The van der Waals surface area contributed by atoms with Crippen LogP contribution in [0.5, 0.6) is 0 Å². The van der Waals surface area contributed by atoms with Crippen molar-refractivity contribution in [3.63, 3.8) is 0 Å². The number of amides is 1. The van der Waals surface area contributed by atoms with E-state index in [0.29, 0.717) is 38.2 Å². The monoisotopic (exact) mass is 537 g/mol. The number of hydrogen-bond acceptors (Lipinski definition) is 5. The van der Waals surface area contributed by atoms with Crippen LogP contribution < -0.4 is 11.1 Å². The summed E-state index contributed by atoms with van der Waals surface area (Å²) in [5.74, 6) is 0.0917. The Bertz CT molecular complexity index is 1500. The molecule has 4 aromatic rings. The highest BCUT2D eigenvalue weighted by atomic mass is 35.5. The second-order valence-electron chi connectivity index (χ2n) is 8.94. The molecule has 11 heteroatoms. The molecule has 0 radical (unpaired) electrons. The van der Waals surface area contributed by atoms with Crippen molar-refractivity contribution in [2.24, 2.45) is 10.7 Å². The third-order valence-electron chi connectivity index (χ3n) is 6.55. The fourth-order valence-corrected chi connectivity index (χ4v) is 5.82. The number of carbonyl (C=O) groups excluding carboxylic acids is 1. The number of thiophene rings is 1. The number of nitrogens with zero attached hydrogens (tertiary/aromatic N) is 4. The Balaban J connectivity index is 1.57. The molecule has 8 nitrogen and oxygen atoms in total. The van der Waals surface area contributed by atoms with Crippen LogP contribution in [0, 0.1) is 11.2 Å². The zero-order chi connectivity index (χ0) is 25.9. The summed E-state index contributed by atoms with van der Waals surface area (Å²) < 4.78 is 17.6. The van der Waals surface area contributed by atoms with E-state index in [0.717, 1.165) is 37.5 Å². The Morgan fingerprint density at radius 3 is 2.84 bits per heavy atom. The molecule has 2 atom stereocenters. The van der Waals surface area contributed by atoms with Crippen molar-refractivity contribution in [2.75, 3.05) is 0 Å². The number of aromatic nitrogens is 3. The predicted molar refractivity (Wildman–Crippen MR) is 145 cm³/mol. The summed E-state index contributed by atoms with van der Waals surface area (Å²) in [6.45, 7) is 0. The van der Waals surface area contributed by atoms with Crippen molar-refractivity contribution in [2.45, 2.75) is 44.2 Å². The van der Waals surface area contributed by atoms with Gasteiger partial charge in [-0.15, -0.1) is 11.3 Å². The van der Waals surface area contributed by atoms with Gasteiger partial charge in [-0.05, 0) is 49.6 Å². The van der Waals surface area contributed by atoms with Gasteiger partial charge in [-0.3, -0.25) is 15.2 Å². The minimum atomic E-state index is -0.370. The highest BCUT2D eigenvalue weighted by Crippen LogP contribution is 2.36. The molecular formula is C26H25ClFN7OS. The van der Waals surface area contributed by atoms with Crippen molar-refractivity contribution in [3.05, 3.63) is 69.4 Å². The lowest BCUT2D eigenvalue weighted by atomic mass is 10.0. The topological polar surface area (TPSA) is 122 Å². The van der Waals surface area contributed by atoms with Gasteiger partial charge in [-0.2, -0.15) is 0 Å². The van der Waals surface area contributed by atoms with Crippen LogP contribution in [0.3, 0.4) is 0 Å². The lowest BCUT2D eigenvalue weighted by molar-refractivity contribution is 0.0935. The Morgan fingerprint density at radius 1 is 1.27 bits per heavy atom. The van der Waals surface area contributed by atoms with E-state index in [-0.39, 0.29) is 29.6 Å². The first-order valence-electron chi connectivity index (χ1n) is 12.0. The zero-order valence-electron chi connectivity index (χ0n) is 19.8. The van der Waals surface area contributed by atoms with Crippen molar-refractivity contribution >= 4 is 52.1 Å². The van der Waals surface area contributed by atoms with Gasteiger partial charge in [-0.1, -0.05) is 36.6 Å². The Hall–Kier alpha value is -3.63. The van der Waals surface area contributed by atoms with Gasteiger partial charge in [-0.25, -0.2) is 14.4 Å². The molecular weight excluding hydrogens is 513 g/mol. The first-order valence-corrected chi connectivity index (χ1v) is 13.2. The molecule has 0 bridgehead atoms. The number of imidazole rings is 1. The standard InChI is InChI=1S/C26H25ClFN7OS/c27-23-10-9-22(37-23)26(36)33-15-5-1-2-6-16(11-15)35-21-12-19(24(30)32-14-29)31-13-20(21)34-25(35)17-7-3-4-8-18(17)28/h3-4,7-10,12-16H,1-2,5-6,11H2,(H,33,36)(H3,29,30,32). The molecule has 0 saturated heterocycles. The minimum Gasteiger partial charge on any atom is -0.382 e. The van der Waals surface area contributed by atoms with Crippen LogP contribution in [0.25, 0.3) is 22.4 Å². The number of aliphatic imine (C=N–C) groups is 1. The van der Waals surface area contributed by atoms with E-state index in [4.69, 9.17) is 27.7 Å². The van der Waals surface area contributed by atoms with Crippen LogP contribution in [-0.2, 0) is 0 Å². The summed E-state index contributed by atoms with van der Waals surface area (Å²) in [5, 5.41) is 10.4. The quantitative estimate of drug-likeness (QED) is 0.169. The molecule has 3 heterocycles. The molecule has 4 N–H and O–H groups in total. The molecule has 0 spiro atoms. The number of hydrogen-bond donors (Lipinski definition) is 3. The van der Waals surface area contributed by atoms with Crippen LogP contribution >= 0.6 is 22.9 Å². The average molecular weight is 538 g/mol. The van der Waals surface area contributed by atoms with Gasteiger partial charge >= 0.3 is 0 Å². The smallest absolute Gasteiger partial charge is 0.261 e. The molecule has 0 aliphatic heterocycles. The van der Waals surface area contributed by atoms with E-state index >= 15 is 0 Å². The zero-order valence-corrected chi connectivity index (χ0v) is 21.4. The SMILES string of the molecule is N=CN=C(N)c1cc2c(cn1)nc(-c1ccccc1F)n2C1CCCCC(NC(=O)c2ccc(Cl)s2)C1. The van der Waals surface area contributed by atoms with E-state index in [1.165, 1.54) is 17.4 Å². The van der Waals surface area contributed by atoms with Crippen LogP contribution in [0.15, 0.2) is 53.7 Å². The number of pyridine rings is 1. The molecule has 190 valence electrons. The molecule has 37 heavy (non-hydrogen) atoms. The molecule has 5 rings (SSSR count). The van der Waals surface area contributed by atoms with Gasteiger partial charge in [0.25, 0.3) is 5.91 Å². The number of carbonyl (C=O) groups is 1. The highest BCUT2D eigenvalue weighted by molar-refractivity contribution is 7.18. The molecule has 2 unspecified atom stereocenters. The van der Waals surface area contributed by atoms with Gasteiger partial charge in [0.1, 0.15) is 29.2 Å². The normalized spacial score (nSPS) is 18.5. The lowest BCUT2D eigenvalue weighted by Crippen LogP contribution is -2.35. The summed E-state index contributed by atoms with van der Waals surface area (Å²) in [6.07, 6.45) is 6.70. The molecule has 1 aromatic carbocycles. The van der Waals surface area contributed by atoms with Gasteiger partial charge in [0.2, 0.25) is 0 Å². The van der Waals surface area contributed by atoms with Crippen LogP contribution in [0.2, 0.25) is 4.34 Å². The second-order valence-corrected chi connectivity index (χ2v) is 10.7. The van der Waals surface area contributed by atoms with E-state index in [2.05, 4.69) is 15.3 Å². The van der Waals surface area contributed by atoms with Gasteiger partial charge < -0.3 is 15.6 Å². The van der Waals surface area contributed by atoms with Crippen LogP contribution in [-0.4, -0.2) is 38.7 Å². The number of rotatable bonds is 6. The third-order valence-corrected chi connectivity index (χ3v) is 7.78. The third kappa shape index (κ3) is 5.26. The Labute approximate surface area is 221 Å². The molecule has 1 amide bonds. The van der Waals surface area contributed by atoms with E-state index in [1.807, 2.05) is 4.57 Å². The highest BCUT2D eigenvalue weighted by Gasteiger charge is 2.28. The van der Waals surface area contributed by atoms with Crippen molar-refractivity contribution in [1.29, 1.82) is 5.41 Å². The van der Waals surface area contributed by atoms with Gasteiger partial charge in [0.05, 0.1) is 26.5 Å². The largest absolute Gasteiger partial charge is 0.382 e. The molecule has 1 fully saturated rings. The Kier molecular flexibility index (Phi) is 7.29. The fourth-order valence-electron chi connectivity index (χ4n) is 4.87. The van der Waals surface area contributed by atoms with Crippen LogP contribution in [0.4, 0.5) is 4.39 Å². The summed E-state index contributed by atoms with van der Waals surface area (Å²) in [5.41, 5.74) is 8.16. The number of benzene rings is 1. The number of nitrogens with two attached hydrogens (primary N) is 1. The van der Waals surface area contributed by atoms with Gasteiger partial charge in [0.15, 0.2) is 5.84 Å².